The molecule has 0 spiro atoms. The van der Waals surface area contributed by atoms with E-state index in [4.69, 9.17) is 4.74 Å². The lowest BCUT2D eigenvalue weighted by Crippen LogP contribution is -2.18. The first-order chi connectivity index (χ1) is 8.24. The Labute approximate surface area is 107 Å². The predicted molar refractivity (Wildman–Crippen MR) is 66.2 cm³/mol. The van der Waals surface area contributed by atoms with Gasteiger partial charge in [-0.25, -0.2) is 9.07 Å². The third kappa shape index (κ3) is 2.09. The standard InChI is InChI=1S/C12H12BrFN2O/c13-9-5-8-7-16(12-3-1-2-4-17-12)15-11(8)6-10(9)14/h5-7,12H,1-4H2. The van der Waals surface area contributed by atoms with Crippen LogP contribution in [0, 0.1) is 5.82 Å². The Balaban J connectivity index is 2.00. The molecule has 17 heavy (non-hydrogen) atoms. The number of nitrogens with zero attached hydrogens (tertiary/aromatic N) is 2. The van der Waals surface area contributed by atoms with Crippen LogP contribution in [0.4, 0.5) is 4.39 Å². The number of rotatable bonds is 1. The lowest BCUT2D eigenvalue weighted by atomic mass is 10.2. The van der Waals surface area contributed by atoms with E-state index >= 15 is 0 Å². The molecule has 0 aliphatic carbocycles. The van der Waals surface area contributed by atoms with Crippen LogP contribution in [-0.4, -0.2) is 16.4 Å². The number of ether oxygens (including phenoxy) is 1. The van der Waals surface area contributed by atoms with E-state index in [0.717, 1.165) is 31.3 Å². The van der Waals surface area contributed by atoms with Crippen molar-refractivity contribution < 1.29 is 9.13 Å². The third-order valence-electron chi connectivity index (χ3n) is 3.01. The van der Waals surface area contributed by atoms with Crippen LogP contribution in [0.15, 0.2) is 22.8 Å². The van der Waals surface area contributed by atoms with E-state index in [1.54, 1.807) is 10.7 Å². The lowest BCUT2D eigenvalue weighted by molar-refractivity contribution is -0.0390. The number of halogens is 2. The van der Waals surface area contributed by atoms with Crippen molar-refractivity contribution in [1.82, 2.24) is 9.78 Å². The molecule has 1 saturated heterocycles. The van der Waals surface area contributed by atoms with E-state index in [2.05, 4.69) is 21.0 Å². The van der Waals surface area contributed by atoms with E-state index in [-0.39, 0.29) is 12.0 Å². The van der Waals surface area contributed by atoms with Crippen molar-refractivity contribution in [2.24, 2.45) is 0 Å². The number of hydrogen-bond acceptors (Lipinski definition) is 2. The summed E-state index contributed by atoms with van der Waals surface area (Å²) in [4.78, 5) is 0. The molecule has 3 rings (SSSR count). The zero-order valence-electron chi connectivity index (χ0n) is 9.20. The van der Waals surface area contributed by atoms with Crippen LogP contribution in [0.3, 0.4) is 0 Å². The van der Waals surface area contributed by atoms with Crippen LogP contribution in [0.25, 0.3) is 10.9 Å². The molecule has 1 unspecified atom stereocenters. The van der Waals surface area contributed by atoms with Crippen molar-refractivity contribution in [1.29, 1.82) is 0 Å². The van der Waals surface area contributed by atoms with Gasteiger partial charge >= 0.3 is 0 Å². The second kappa shape index (κ2) is 4.38. The molecule has 0 bridgehead atoms. The highest BCUT2D eigenvalue weighted by Crippen LogP contribution is 2.26. The van der Waals surface area contributed by atoms with Crippen LogP contribution >= 0.6 is 15.9 Å². The molecule has 0 amide bonds. The Bertz CT molecular complexity index is 510. The summed E-state index contributed by atoms with van der Waals surface area (Å²) in [5.74, 6) is -0.285. The average Bonchev–Trinajstić information content (AvgIpc) is 2.74. The largest absolute Gasteiger partial charge is 0.357 e. The number of fused-ring (bicyclic) bond motifs is 1. The van der Waals surface area contributed by atoms with Gasteiger partial charge in [0, 0.05) is 24.3 Å². The Hall–Kier alpha value is -0.940. The normalized spacial score (nSPS) is 20.9. The van der Waals surface area contributed by atoms with Crippen molar-refractivity contribution in [3.8, 4) is 0 Å². The van der Waals surface area contributed by atoms with Gasteiger partial charge in [0.05, 0.1) is 9.99 Å². The van der Waals surface area contributed by atoms with Crippen LogP contribution < -0.4 is 0 Å². The van der Waals surface area contributed by atoms with Crippen molar-refractivity contribution in [2.75, 3.05) is 6.61 Å². The maximum Gasteiger partial charge on any atom is 0.150 e. The molecule has 1 fully saturated rings. The van der Waals surface area contributed by atoms with Gasteiger partial charge in [-0.05, 0) is 41.3 Å². The quantitative estimate of drug-likeness (QED) is 0.804. The molecule has 0 N–H and O–H groups in total. The summed E-state index contributed by atoms with van der Waals surface area (Å²) in [6, 6.07) is 3.19. The summed E-state index contributed by atoms with van der Waals surface area (Å²) in [6.45, 7) is 0.777. The summed E-state index contributed by atoms with van der Waals surface area (Å²) in [7, 11) is 0. The van der Waals surface area contributed by atoms with Crippen molar-refractivity contribution >= 4 is 26.8 Å². The van der Waals surface area contributed by atoms with Gasteiger partial charge in [-0.1, -0.05) is 0 Å². The minimum atomic E-state index is -0.285. The second-order valence-corrected chi connectivity index (χ2v) is 5.11. The molecule has 5 heteroatoms. The summed E-state index contributed by atoms with van der Waals surface area (Å²) >= 11 is 3.18. The maximum absolute atomic E-state index is 13.4. The van der Waals surface area contributed by atoms with Gasteiger partial charge in [0.15, 0.2) is 0 Å². The molecule has 1 aromatic heterocycles. The minimum absolute atomic E-state index is 0.00186. The Morgan fingerprint density at radius 1 is 1.41 bits per heavy atom. The lowest BCUT2D eigenvalue weighted by Gasteiger charge is -2.22. The first kappa shape index (κ1) is 11.2. The Morgan fingerprint density at radius 3 is 3.06 bits per heavy atom. The molecule has 2 aromatic rings. The topological polar surface area (TPSA) is 27.1 Å². The molecule has 0 saturated carbocycles. The monoisotopic (exact) mass is 298 g/mol. The minimum Gasteiger partial charge on any atom is -0.357 e. The molecule has 3 nitrogen and oxygen atoms in total. The Morgan fingerprint density at radius 2 is 2.29 bits per heavy atom. The number of benzene rings is 1. The summed E-state index contributed by atoms with van der Waals surface area (Å²) < 4.78 is 21.3. The van der Waals surface area contributed by atoms with Crippen LogP contribution in [-0.2, 0) is 4.74 Å². The van der Waals surface area contributed by atoms with Crippen molar-refractivity contribution in [3.05, 3.63) is 28.6 Å². The summed E-state index contributed by atoms with van der Waals surface area (Å²) in [5.41, 5.74) is 0.667. The van der Waals surface area contributed by atoms with Gasteiger partial charge in [0.2, 0.25) is 0 Å². The fraction of sp³-hybridized carbons (Fsp3) is 0.417. The molecule has 0 radical (unpaired) electrons. The number of aromatic nitrogens is 2. The highest BCUT2D eigenvalue weighted by molar-refractivity contribution is 9.10. The predicted octanol–water partition coefficient (Wildman–Crippen LogP) is 3.64. The molecular formula is C12H12BrFN2O. The van der Waals surface area contributed by atoms with Gasteiger partial charge in [0.25, 0.3) is 0 Å². The highest BCUT2D eigenvalue weighted by atomic mass is 79.9. The average molecular weight is 299 g/mol. The molecule has 2 heterocycles. The second-order valence-electron chi connectivity index (χ2n) is 4.26. The smallest absolute Gasteiger partial charge is 0.150 e. The van der Waals surface area contributed by atoms with Crippen LogP contribution in [0.5, 0.6) is 0 Å². The van der Waals surface area contributed by atoms with E-state index in [0.29, 0.717) is 9.99 Å². The molecule has 1 aromatic carbocycles. The van der Waals surface area contributed by atoms with E-state index in [1.807, 2.05) is 6.20 Å². The first-order valence-electron chi connectivity index (χ1n) is 5.69. The van der Waals surface area contributed by atoms with Gasteiger partial charge in [-0.15, -0.1) is 0 Å². The van der Waals surface area contributed by atoms with Crippen LogP contribution in [0.2, 0.25) is 0 Å². The van der Waals surface area contributed by atoms with E-state index in [1.165, 1.54) is 6.07 Å². The van der Waals surface area contributed by atoms with Gasteiger partial charge < -0.3 is 4.74 Å². The molecule has 1 aliphatic heterocycles. The van der Waals surface area contributed by atoms with Gasteiger partial charge in [-0.2, -0.15) is 5.10 Å². The maximum atomic E-state index is 13.4. The molecule has 1 atom stereocenters. The SMILES string of the molecule is Fc1cc2nn(C3CCCCO3)cc2cc1Br. The van der Waals surface area contributed by atoms with Crippen molar-refractivity contribution in [2.45, 2.75) is 25.5 Å². The summed E-state index contributed by atoms with van der Waals surface area (Å²) in [6.07, 6.45) is 5.14. The van der Waals surface area contributed by atoms with Gasteiger partial charge in [-0.3, -0.25) is 0 Å². The van der Waals surface area contributed by atoms with Crippen LogP contribution in [0.1, 0.15) is 25.5 Å². The fourth-order valence-corrected chi connectivity index (χ4v) is 2.48. The van der Waals surface area contributed by atoms with E-state index < -0.39 is 0 Å². The zero-order chi connectivity index (χ0) is 11.8. The Kier molecular flexibility index (Phi) is 2.88. The van der Waals surface area contributed by atoms with Crippen molar-refractivity contribution in [3.63, 3.8) is 0 Å². The molecule has 1 aliphatic rings. The third-order valence-corrected chi connectivity index (χ3v) is 3.62. The zero-order valence-corrected chi connectivity index (χ0v) is 10.8. The van der Waals surface area contributed by atoms with E-state index in [9.17, 15) is 4.39 Å². The highest BCUT2D eigenvalue weighted by Gasteiger charge is 2.17. The summed E-state index contributed by atoms with van der Waals surface area (Å²) in [5, 5.41) is 5.29. The number of hydrogen-bond donors (Lipinski definition) is 0. The van der Waals surface area contributed by atoms with Gasteiger partial charge in [0.1, 0.15) is 12.0 Å². The molecule has 90 valence electrons. The molecular weight excluding hydrogens is 287 g/mol. The fourth-order valence-electron chi connectivity index (χ4n) is 2.12. The first-order valence-corrected chi connectivity index (χ1v) is 6.49.